The minimum atomic E-state index is 0.0641. The van der Waals surface area contributed by atoms with Gasteiger partial charge < -0.3 is 5.32 Å². The van der Waals surface area contributed by atoms with Crippen LogP contribution in [0.1, 0.15) is 12.1 Å². The number of aryl methyl sites for hydroxylation is 2. The first-order valence-electron chi connectivity index (χ1n) is 4.53. The number of hydrogen-bond donors (Lipinski definition) is 1. The van der Waals surface area contributed by atoms with Crippen molar-refractivity contribution in [3.63, 3.8) is 0 Å². The van der Waals surface area contributed by atoms with Gasteiger partial charge in [0.2, 0.25) is 0 Å². The van der Waals surface area contributed by atoms with Crippen LogP contribution in [-0.2, 0) is 6.54 Å². The molecule has 0 amide bonds. The van der Waals surface area contributed by atoms with Crippen molar-refractivity contribution < 1.29 is 0 Å². The van der Waals surface area contributed by atoms with Crippen LogP contribution >= 0.6 is 22.6 Å². The van der Waals surface area contributed by atoms with Gasteiger partial charge in [-0.1, -0.05) is 0 Å². The first-order chi connectivity index (χ1) is 6.66. The summed E-state index contributed by atoms with van der Waals surface area (Å²) in [5, 5.41) is 3.05. The number of hydrogen-bond acceptors (Lipinski definition) is 3. The van der Waals surface area contributed by atoms with E-state index in [9.17, 15) is 4.79 Å². The van der Waals surface area contributed by atoms with Crippen molar-refractivity contribution in [2.24, 2.45) is 0 Å². The highest BCUT2D eigenvalue weighted by molar-refractivity contribution is 14.1. The summed E-state index contributed by atoms with van der Waals surface area (Å²) in [6.07, 6.45) is 2.56. The topological polar surface area (TPSA) is 46.9 Å². The van der Waals surface area contributed by atoms with E-state index in [1.807, 2.05) is 36.6 Å². The van der Waals surface area contributed by atoms with Gasteiger partial charge in [-0.25, -0.2) is 4.98 Å². The lowest BCUT2D eigenvalue weighted by molar-refractivity contribution is 0.585. The smallest absolute Gasteiger partial charge is 0.266 e. The minimum Gasteiger partial charge on any atom is -0.320 e. The van der Waals surface area contributed by atoms with Crippen molar-refractivity contribution in [1.82, 2.24) is 14.9 Å². The van der Waals surface area contributed by atoms with Crippen molar-refractivity contribution >= 4 is 22.6 Å². The molecule has 0 aliphatic heterocycles. The lowest BCUT2D eigenvalue weighted by Crippen LogP contribution is -2.25. The Labute approximate surface area is 96.9 Å². The molecule has 1 heterocycles. The number of nitrogens with zero attached hydrogens (tertiary/aromatic N) is 2. The molecular formula is C9H14IN3O. The number of halogens is 1. The third-order valence-electron chi connectivity index (χ3n) is 1.98. The quantitative estimate of drug-likeness (QED) is 0.660. The largest absolute Gasteiger partial charge is 0.320 e. The Morgan fingerprint density at radius 1 is 1.64 bits per heavy atom. The summed E-state index contributed by atoms with van der Waals surface area (Å²) in [6, 6.07) is 0. The van der Waals surface area contributed by atoms with E-state index in [1.54, 1.807) is 10.9 Å². The van der Waals surface area contributed by atoms with E-state index >= 15 is 0 Å². The molecule has 78 valence electrons. The fourth-order valence-corrected chi connectivity index (χ4v) is 1.58. The van der Waals surface area contributed by atoms with E-state index in [0.29, 0.717) is 0 Å². The van der Waals surface area contributed by atoms with E-state index in [1.165, 1.54) is 0 Å². The molecule has 0 saturated carbocycles. The van der Waals surface area contributed by atoms with Gasteiger partial charge in [-0.15, -0.1) is 0 Å². The molecule has 0 fully saturated rings. The summed E-state index contributed by atoms with van der Waals surface area (Å²) in [5.41, 5.74) is 0.870. The molecule has 14 heavy (non-hydrogen) atoms. The zero-order valence-corrected chi connectivity index (χ0v) is 10.5. The number of aromatic nitrogens is 2. The van der Waals surface area contributed by atoms with E-state index < -0.39 is 0 Å². The Morgan fingerprint density at radius 3 is 3.00 bits per heavy atom. The first-order valence-corrected chi connectivity index (χ1v) is 5.61. The molecule has 0 saturated heterocycles. The third kappa shape index (κ3) is 2.78. The van der Waals surface area contributed by atoms with Gasteiger partial charge in [-0.2, -0.15) is 0 Å². The van der Waals surface area contributed by atoms with Gasteiger partial charge in [0.1, 0.15) is 0 Å². The summed E-state index contributed by atoms with van der Waals surface area (Å²) in [6.45, 7) is 3.49. The highest BCUT2D eigenvalue weighted by atomic mass is 127. The van der Waals surface area contributed by atoms with Crippen molar-refractivity contribution in [1.29, 1.82) is 0 Å². The lowest BCUT2D eigenvalue weighted by atomic mass is 10.4. The van der Waals surface area contributed by atoms with Crippen LogP contribution in [0, 0.1) is 10.5 Å². The Morgan fingerprint density at radius 2 is 2.36 bits per heavy atom. The molecule has 0 radical (unpaired) electrons. The summed E-state index contributed by atoms with van der Waals surface area (Å²) >= 11 is 2.04. The van der Waals surface area contributed by atoms with Crippen LogP contribution < -0.4 is 10.9 Å². The van der Waals surface area contributed by atoms with Crippen LogP contribution in [0.3, 0.4) is 0 Å². The van der Waals surface area contributed by atoms with Gasteiger partial charge in [0.05, 0.1) is 15.6 Å². The molecule has 1 aromatic rings. The maximum absolute atomic E-state index is 11.7. The molecule has 1 N–H and O–H groups in total. The average Bonchev–Trinajstić information content (AvgIpc) is 2.18. The lowest BCUT2D eigenvalue weighted by Gasteiger charge is -2.06. The van der Waals surface area contributed by atoms with Gasteiger partial charge in [0, 0.05) is 6.54 Å². The Hall–Kier alpha value is -0.430. The highest BCUT2D eigenvalue weighted by Crippen LogP contribution is 2.01. The molecule has 0 aromatic carbocycles. The van der Waals surface area contributed by atoms with E-state index in [-0.39, 0.29) is 5.56 Å². The molecule has 5 heteroatoms. The molecule has 1 rings (SSSR count). The molecule has 4 nitrogen and oxygen atoms in total. The van der Waals surface area contributed by atoms with Gasteiger partial charge in [0.25, 0.3) is 5.56 Å². The number of rotatable bonds is 4. The molecule has 0 aliphatic carbocycles. The van der Waals surface area contributed by atoms with Crippen LogP contribution in [0.25, 0.3) is 0 Å². The molecule has 0 bridgehead atoms. The maximum Gasteiger partial charge on any atom is 0.266 e. The van der Waals surface area contributed by atoms with E-state index in [2.05, 4.69) is 10.3 Å². The summed E-state index contributed by atoms with van der Waals surface area (Å²) in [7, 11) is 1.90. The highest BCUT2D eigenvalue weighted by Gasteiger charge is 2.04. The monoisotopic (exact) mass is 307 g/mol. The van der Waals surface area contributed by atoms with Crippen LogP contribution in [0.5, 0.6) is 0 Å². The third-order valence-corrected chi connectivity index (χ3v) is 3.22. The van der Waals surface area contributed by atoms with Gasteiger partial charge in [-0.05, 0) is 49.5 Å². The van der Waals surface area contributed by atoms with Gasteiger partial charge in [-0.3, -0.25) is 9.36 Å². The predicted octanol–water partition coefficient (Wildman–Crippen LogP) is 0.766. The van der Waals surface area contributed by atoms with Gasteiger partial charge >= 0.3 is 0 Å². The zero-order chi connectivity index (χ0) is 10.6. The summed E-state index contributed by atoms with van der Waals surface area (Å²) in [4.78, 5) is 15.8. The van der Waals surface area contributed by atoms with Crippen LogP contribution in [-0.4, -0.2) is 23.1 Å². The molecule has 0 aliphatic rings. The minimum absolute atomic E-state index is 0.0641. The van der Waals surface area contributed by atoms with Crippen LogP contribution in [0.15, 0.2) is 11.1 Å². The van der Waals surface area contributed by atoms with E-state index in [4.69, 9.17) is 0 Å². The number of nitrogens with one attached hydrogen (secondary N) is 1. The van der Waals surface area contributed by atoms with Crippen molar-refractivity contribution in [3.05, 3.63) is 25.9 Å². The second-order valence-corrected chi connectivity index (χ2v) is 4.18. The predicted molar refractivity (Wildman–Crippen MR) is 64.5 cm³/mol. The molecule has 1 aromatic heterocycles. The Bertz CT molecular complexity index is 362. The maximum atomic E-state index is 11.7. The van der Waals surface area contributed by atoms with Crippen molar-refractivity contribution in [3.8, 4) is 0 Å². The summed E-state index contributed by atoms with van der Waals surface area (Å²) in [5.74, 6) is 0. The normalized spacial score (nSPS) is 10.5. The SMILES string of the molecule is CNCCCn1cnc(C)c(I)c1=O. The standard InChI is InChI=1S/C9H14IN3O/c1-7-8(10)9(14)13(6-12-7)5-3-4-11-2/h6,11H,3-5H2,1-2H3. The second kappa shape index (κ2) is 5.45. The Kier molecular flexibility index (Phi) is 4.53. The Balaban J connectivity index is 2.79. The molecule has 0 spiro atoms. The van der Waals surface area contributed by atoms with Gasteiger partial charge in [0.15, 0.2) is 0 Å². The van der Waals surface area contributed by atoms with Crippen LogP contribution in [0.2, 0.25) is 0 Å². The van der Waals surface area contributed by atoms with Crippen molar-refractivity contribution in [2.45, 2.75) is 19.9 Å². The fourth-order valence-electron chi connectivity index (χ4n) is 1.13. The van der Waals surface area contributed by atoms with E-state index in [0.717, 1.165) is 28.8 Å². The summed E-state index contributed by atoms with van der Waals surface area (Å²) < 4.78 is 2.38. The molecular weight excluding hydrogens is 293 g/mol. The molecule has 0 atom stereocenters. The second-order valence-electron chi connectivity index (χ2n) is 3.10. The van der Waals surface area contributed by atoms with Crippen molar-refractivity contribution in [2.75, 3.05) is 13.6 Å². The zero-order valence-electron chi connectivity index (χ0n) is 8.38. The molecule has 0 unspecified atom stereocenters. The fraction of sp³-hybridized carbons (Fsp3) is 0.556. The van der Waals surface area contributed by atoms with Crippen LogP contribution in [0.4, 0.5) is 0 Å². The first kappa shape index (κ1) is 11.6. The average molecular weight is 307 g/mol.